The number of pyridine rings is 1. The summed E-state index contributed by atoms with van der Waals surface area (Å²) in [6, 6.07) is 9.68. The lowest BCUT2D eigenvalue weighted by Crippen LogP contribution is -2.16. The number of carboxylic acid groups (broad SMARTS) is 1. The van der Waals surface area contributed by atoms with Gasteiger partial charge in [0.05, 0.1) is 17.4 Å². The van der Waals surface area contributed by atoms with Crippen LogP contribution in [0.3, 0.4) is 0 Å². The van der Waals surface area contributed by atoms with E-state index in [9.17, 15) is 14.0 Å². The second-order valence-electron chi connectivity index (χ2n) is 4.04. The lowest BCUT2D eigenvalue weighted by Gasteiger charge is -2.09. The standard InChI is InChI=1S/C14H11FN2O4/c15-12-6-10(13(18)19)11(7-16-12)17-14(20)21-8-9-4-2-1-3-5-9/h1-7H,8H2,(H,17,20)(H,18,19). The molecule has 1 heterocycles. The van der Waals surface area contributed by atoms with Crippen LogP contribution in [0.15, 0.2) is 42.6 Å². The predicted molar refractivity (Wildman–Crippen MR) is 71.4 cm³/mol. The fraction of sp³-hybridized carbons (Fsp3) is 0.0714. The molecule has 2 aromatic rings. The van der Waals surface area contributed by atoms with Crippen molar-refractivity contribution in [1.29, 1.82) is 0 Å². The van der Waals surface area contributed by atoms with Crippen LogP contribution in [0.4, 0.5) is 14.9 Å². The zero-order valence-corrected chi connectivity index (χ0v) is 10.7. The van der Waals surface area contributed by atoms with Gasteiger partial charge in [0, 0.05) is 6.07 Å². The number of hydrogen-bond donors (Lipinski definition) is 2. The average Bonchev–Trinajstić information content (AvgIpc) is 2.48. The molecule has 0 aliphatic heterocycles. The first-order valence-electron chi connectivity index (χ1n) is 5.93. The van der Waals surface area contributed by atoms with Crippen molar-refractivity contribution in [2.45, 2.75) is 6.61 Å². The van der Waals surface area contributed by atoms with E-state index in [2.05, 4.69) is 10.3 Å². The third-order valence-corrected chi connectivity index (χ3v) is 2.55. The van der Waals surface area contributed by atoms with Crippen molar-refractivity contribution in [3.8, 4) is 0 Å². The van der Waals surface area contributed by atoms with Gasteiger partial charge in [0.1, 0.15) is 6.61 Å². The van der Waals surface area contributed by atoms with Gasteiger partial charge in [-0.2, -0.15) is 4.39 Å². The maximum Gasteiger partial charge on any atom is 0.412 e. The molecule has 0 saturated heterocycles. The summed E-state index contributed by atoms with van der Waals surface area (Å²) in [7, 11) is 0. The first kappa shape index (κ1) is 14.4. The van der Waals surface area contributed by atoms with E-state index in [0.717, 1.165) is 17.8 Å². The van der Waals surface area contributed by atoms with Crippen LogP contribution in [0.5, 0.6) is 0 Å². The second-order valence-corrected chi connectivity index (χ2v) is 4.04. The lowest BCUT2D eigenvalue weighted by atomic mass is 10.2. The molecule has 0 spiro atoms. The Bertz CT molecular complexity index is 661. The van der Waals surface area contributed by atoms with Crippen LogP contribution in [0.1, 0.15) is 15.9 Å². The molecular weight excluding hydrogens is 279 g/mol. The summed E-state index contributed by atoms with van der Waals surface area (Å²) in [5, 5.41) is 11.1. The zero-order chi connectivity index (χ0) is 15.2. The monoisotopic (exact) mass is 290 g/mol. The number of amides is 1. The first-order chi connectivity index (χ1) is 10.1. The van der Waals surface area contributed by atoms with Gasteiger partial charge in [-0.1, -0.05) is 30.3 Å². The number of aromatic nitrogens is 1. The minimum Gasteiger partial charge on any atom is -0.478 e. The maximum absolute atomic E-state index is 12.9. The summed E-state index contributed by atoms with van der Waals surface area (Å²) in [5.41, 5.74) is 0.240. The fourth-order valence-corrected chi connectivity index (χ4v) is 1.58. The molecule has 0 aliphatic rings. The van der Waals surface area contributed by atoms with Crippen molar-refractivity contribution in [3.05, 3.63) is 59.7 Å². The molecule has 0 bridgehead atoms. The van der Waals surface area contributed by atoms with Gasteiger partial charge in [0.2, 0.25) is 5.95 Å². The van der Waals surface area contributed by atoms with E-state index in [1.54, 1.807) is 24.3 Å². The van der Waals surface area contributed by atoms with Gasteiger partial charge in [0.25, 0.3) is 0 Å². The van der Waals surface area contributed by atoms with E-state index in [1.807, 2.05) is 6.07 Å². The summed E-state index contributed by atoms with van der Waals surface area (Å²) in [4.78, 5) is 25.8. The van der Waals surface area contributed by atoms with Gasteiger partial charge in [-0.25, -0.2) is 14.6 Å². The highest BCUT2D eigenvalue weighted by atomic mass is 19.1. The molecule has 2 N–H and O–H groups in total. The number of benzene rings is 1. The maximum atomic E-state index is 12.9. The molecule has 1 aromatic carbocycles. The van der Waals surface area contributed by atoms with E-state index >= 15 is 0 Å². The average molecular weight is 290 g/mol. The van der Waals surface area contributed by atoms with Gasteiger partial charge in [-0.15, -0.1) is 0 Å². The summed E-state index contributed by atoms with van der Waals surface area (Å²) in [5.74, 6) is -2.33. The van der Waals surface area contributed by atoms with Crippen LogP contribution >= 0.6 is 0 Å². The molecule has 1 aromatic heterocycles. The first-order valence-corrected chi connectivity index (χ1v) is 5.93. The minimum absolute atomic E-state index is 0.0314. The largest absolute Gasteiger partial charge is 0.478 e. The number of hydrogen-bond acceptors (Lipinski definition) is 4. The number of nitrogens with zero attached hydrogens (tertiary/aromatic N) is 1. The van der Waals surface area contributed by atoms with Crippen LogP contribution in [0.2, 0.25) is 0 Å². The second kappa shape index (κ2) is 6.47. The third-order valence-electron chi connectivity index (χ3n) is 2.55. The van der Waals surface area contributed by atoms with Crippen LogP contribution < -0.4 is 5.32 Å². The summed E-state index contributed by atoms with van der Waals surface area (Å²) in [6.45, 7) is 0.0314. The van der Waals surface area contributed by atoms with E-state index in [4.69, 9.17) is 9.84 Å². The predicted octanol–water partition coefficient (Wildman–Crippen LogP) is 2.67. The Morgan fingerprint density at radius 2 is 2.00 bits per heavy atom. The van der Waals surface area contributed by atoms with Crippen LogP contribution in [0, 0.1) is 5.95 Å². The number of carbonyl (C=O) groups is 2. The van der Waals surface area contributed by atoms with Crippen molar-refractivity contribution in [1.82, 2.24) is 4.98 Å². The Hall–Kier alpha value is -2.96. The number of anilines is 1. The summed E-state index contributed by atoms with van der Waals surface area (Å²) >= 11 is 0. The van der Waals surface area contributed by atoms with E-state index in [-0.39, 0.29) is 12.3 Å². The van der Waals surface area contributed by atoms with Crippen molar-refractivity contribution >= 4 is 17.7 Å². The van der Waals surface area contributed by atoms with Crippen LogP contribution in [0.25, 0.3) is 0 Å². The molecule has 0 radical (unpaired) electrons. The molecule has 2 rings (SSSR count). The Morgan fingerprint density at radius 3 is 2.67 bits per heavy atom. The Balaban J connectivity index is 2.01. The highest BCUT2D eigenvalue weighted by Crippen LogP contribution is 2.15. The molecule has 7 heteroatoms. The van der Waals surface area contributed by atoms with Gasteiger partial charge >= 0.3 is 12.1 Å². The molecule has 0 aliphatic carbocycles. The van der Waals surface area contributed by atoms with E-state index in [1.165, 1.54) is 0 Å². The molecule has 0 fully saturated rings. The third kappa shape index (κ3) is 4.00. The fourth-order valence-electron chi connectivity index (χ4n) is 1.58. The topological polar surface area (TPSA) is 88.5 Å². The summed E-state index contributed by atoms with van der Waals surface area (Å²) in [6.07, 6.45) is 0.0671. The number of nitrogens with one attached hydrogen (secondary N) is 1. The molecule has 0 saturated carbocycles. The van der Waals surface area contributed by atoms with Crippen molar-refractivity contribution in [2.24, 2.45) is 0 Å². The molecule has 0 atom stereocenters. The summed E-state index contributed by atoms with van der Waals surface area (Å²) < 4.78 is 17.8. The zero-order valence-electron chi connectivity index (χ0n) is 10.7. The van der Waals surface area contributed by atoms with E-state index < -0.39 is 23.6 Å². The van der Waals surface area contributed by atoms with Crippen molar-refractivity contribution in [2.75, 3.05) is 5.32 Å². The molecule has 108 valence electrons. The number of ether oxygens (including phenoxy) is 1. The highest BCUT2D eigenvalue weighted by molar-refractivity contribution is 5.98. The number of carbonyl (C=O) groups excluding carboxylic acids is 1. The van der Waals surface area contributed by atoms with Crippen molar-refractivity contribution < 1.29 is 23.8 Å². The molecular formula is C14H11FN2O4. The van der Waals surface area contributed by atoms with Crippen molar-refractivity contribution in [3.63, 3.8) is 0 Å². The highest BCUT2D eigenvalue weighted by Gasteiger charge is 2.15. The van der Waals surface area contributed by atoms with Gasteiger partial charge in [-0.05, 0) is 5.56 Å². The number of halogens is 1. The molecule has 6 nitrogen and oxygen atoms in total. The Labute approximate surface area is 119 Å². The number of rotatable bonds is 4. The normalized spacial score (nSPS) is 9.95. The molecule has 0 unspecified atom stereocenters. The Morgan fingerprint density at radius 1 is 1.29 bits per heavy atom. The van der Waals surface area contributed by atoms with E-state index in [0.29, 0.717) is 0 Å². The van der Waals surface area contributed by atoms with Crippen LogP contribution in [-0.2, 0) is 11.3 Å². The molecule has 1 amide bonds. The van der Waals surface area contributed by atoms with Gasteiger partial charge < -0.3 is 9.84 Å². The van der Waals surface area contributed by atoms with Crippen LogP contribution in [-0.4, -0.2) is 22.2 Å². The minimum atomic E-state index is -1.38. The molecule has 21 heavy (non-hydrogen) atoms. The Kier molecular flexibility index (Phi) is 4.45. The van der Waals surface area contributed by atoms with Gasteiger partial charge in [-0.3, -0.25) is 5.32 Å². The number of aromatic carboxylic acids is 1. The number of carboxylic acids is 1. The lowest BCUT2D eigenvalue weighted by molar-refractivity contribution is 0.0697. The van der Waals surface area contributed by atoms with Gasteiger partial charge in [0.15, 0.2) is 0 Å². The SMILES string of the molecule is O=C(Nc1cnc(F)cc1C(=O)O)OCc1ccccc1. The smallest absolute Gasteiger partial charge is 0.412 e. The quantitative estimate of drug-likeness (QED) is 0.845.